The monoisotopic (exact) mass is 379 g/mol. The Morgan fingerprint density at radius 3 is 2.54 bits per heavy atom. The molecule has 0 fully saturated rings. The van der Waals surface area contributed by atoms with Crippen molar-refractivity contribution in [3.63, 3.8) is 0 Å². The van der Waals surface area contributed by atoms with E-state index in [1.165, 1.54) is 5.57 Å². The topological polar surface area (TPSA) is 84.7 Å². The zero-order valence-corrected chi connectivity index (χ0v) is 16.1. The molecule has 0 radical (unpaired) electrons. The van der Waals surface area contributed by atoms with Crippen LogP contribution in [0.25, 0.3) is 5.57 Å². The number of hydrogen-bond donors (Lipinski definition) is 2. The SMILES string of the molecule is Cc1cccc(NC(=O)[C@@H](C)Oc2ccc(C3=CCN(C(N)=O)CC3)cc2)c1. The zero-order chi connectivity index (χ0) is 20.1. The van der Waals surface area contributed by atoms with Crippen LogP contribution >= 0.6 is 0 Å². The molecule has 1 aliphatic rings. The Hall–Kier alpha value is -3.28. The van der Waals surface area contributed by atoms with Crippen LogP contribution in [0.1, 0.15) is 24.5 Å². The second kappa shape index (κ2) is 8.61. The molecule has 146 valence electrons. The van der Waals surface area contributed by atoms with Gasteiger partial charge in [-0.05, 0) is 61.2 Å². The van der Waals surface area contributed by atoms with Gasteiger partial charge in [-0.25, -0.2) is 4.79 Å². The Morgan fingerprint density at radius 2 is 1.93 bits per heavy atom. The maximum atomic E-state index is 12.3. The van der Waals surface area contributed by atoms with Crippen LogP contribution in [0.4, 0.5) is 10.5 Å². The van der Waals surface area contributed by atoms with Crippen molar-refractivity contribution < 1.29 is 14.3 Å². The van der Waals surface area contributed by atoms with Crippen LogP contribution in [0.3, 0.4) is 0 Å². The van der Waals surface area contributed by atoms with Gasteiger partial charge in [-0.15, -0.1) is 0 Å². The third kappa shape index (κ3) is 4.91. The van der Waals surface area contributed by atoms with Crippen molar-refractivity contribution in [2.75, 3.05) is 18.4 Å². The Bertz CT molecular complexity index is 890. The Kier molecular flexibility index (Phi) is 5.99. The van der Waals surface area contributed by atoms with E-state index >= 15 is 0 Å². The molecule has 0 unspecified atom stereocenters. The normalized spacial score (nSPS) is 14.8. The number of benzene rings is 2. The summed E-state index contributed by atoms with van der Waals surface area (Å²) in [6, 6.07) is 14.9. The summed E-state index contributed by atoms with van der Waals surface area (Å²) in [5, 5.41) is 2.86. The maximum Gasteiger partial charge on any atom is 0.315 e. The molecule has 0 saturated carbocycles. The van der Waals surface area contributed by atoms with Crippen LogP contribution in [0.5, 0.6) is 5.75 Å². The smallest absolute Gasteiger partial charge is 0.315 e. The lowest BCUT2D eigenvalue weighted by atomic mass is 9.99. The molecule has 3 N–H and O–H groups in total. The van der Waals surface area contributed by atoms with Gasteiger partial charge in [-0.2, -0.15) is 0 Å². The predicted molar refractivity (Wildman–Crippen MR) is 110 cm³/mol. The number of primary amides is 1. The molecular weight excluding hydrogens is 354 g/mol. The number of amides is 3. The number of rotatable bonds is 5. The zero-order valence-electron chi connectivity index (χ0n) is 16.1. The van der Waals surface area contributed by atoms with Gasteiger partial charge >= 0.3 is 6.03 Å². The van der Waals surface area contributed by atoms with E-state index in [0.717, 1.165) is 23.2 Å². The fraction of sp³-hybridized carbons (Fsp3) is 0.273. The molecule has 0 bridgehead atoms. The molecule has 0 aliphatic carbocycles. The minimum absolute atomic E-state index is 0.198. The largest absolute Gasteiger partial charge is 0.481 e. The van der Waals surface area contributed by atoms with Gasteiger partial charge in [0.2, 0.25) is 0 Å². The van der Waals surface area contributed by atoms with Gasteiger partial charge in [-0.1, -0.05) is 30.3 Å². The third-order valence-electron chi connectivity index (χ3n) is 4.71. The summed E-state index contributed by atoms with van der Waals surface area (Å²) >= 11 is 0. The minimum atomic E-state index is -0.621. The lowest BCUT2D eigenvalue weighted by Crippen LogP contribution is -2.38. The average Bonchev–Trinajstić information content (AvgIpc) is 2.68. The third-order valence-corrected chi connectivity index (χ3v) is 4.71. The highest BCUT2D eigenvalue weighted by Crippen LogP contribution is 2.25. The average molecular weight is 379 g/mol. The molecule has 3 rings (SSSR count). The van der Waals surface area contributed by atoms with Crippen molar-refractivity contribution in [2.24, 2.45) is 5.73 Å². The first-order valence-corrected chi connectivity index (χ1v) is 9.30. The van der Waals surface area contributed by atoms with Gasteiger partial charge in [0.05, 0.1) is 0 Å². The summed E-state index contributed by atoms with van der Waals surface area (Å²) < 4.78 is 5.77. The first-order valence-electron chi connectivity index (χ1n) is 9.30. The molecule has 0 aromatic heterocycles. The van der Waals surface area contributed by atoms with Crippen molar-refractivity contribution in [2.45, 2.75) is 26.4 Å². The second-order valence-electron chi connectivity index (χ2n) is 6.91. The van der Waals surface area contributed by atoms with Gasteiger partial charge in [0, 0.05) is 18.8 Å². The van der Waals surface area contributed by atoms with Crippen molar-refractivity contribution in [3.8, 4) is 5.75 Å². The molecule has 2 aromatic rings. The van der Waals surface area contributed by atoms with Crippen LogP contribution in [0, 0.1) is 6.92 Å². The van der Waals surface area contributed by atoms with Crippen LogP contribution in [-0.2, 0) is 4.79 Å². The minimum Gasteiger partial charge on any atom is -0.481 e. The molecule has 0 spiro atoms. The standard InChI is InChI=1S/C22H25N3O3/c1-15-4-3-5-19(14-15)24-21(26)16(2)28-20-8-6-17(7-9-20)18-10-12-25(13-11-18)22(23)27/h3-10,14,16H,11-13H2,1-2H3,(H2,23,27)(H,24,26)/t16-/m1/s1. The highest BCUT2D eigenvalue weighted by Gasteiger charge is 2.17. The first kappa shape index (κ1) is 19.5. The Balaban J connectivity index is 1.58. The molecule has 1 aliphatic heterocycles. The van der Waals surface area contributed by atoms with Crippen LogP contribution in [0.15, 0.2) is 54.6 Å². The maximum absolute atomic E-state index is 12.3. The van der Waals surface area contributed by atoms with E-state index in [1.807, 2.05) is 61.5 Å². The van der Waals surface area contributed by atoms with Crippen LogP contribution in [-0.4, -0.2) is 36.0 Å². The number of hydrogen-bond acceptors (Lipinski definition) is 3. The quantitative estimate of drug-likeness (QED) is 0.833. The number of aryl methyl sites for hydroxylation is 1. The predicted octanol–water partition coefficient (Wildman–Crippen LogP) is 3.57. The van der Waals surface area contributed by atoms with Gasteiger partial charge in [0.15, 0.2) is 6.10 Å². The highest BCUT2D eigenvalue weighted by molar-refractivity contribution is 5.94. The molecule has 0 saturated heterocycles. The fourth-order valence-electron chi connectivity index (χ4n) is 3.10. The molecular formula is C22H25N3O3. The fourth-order valence-corrected chi connectivity index (χ4v) is 3.10. The molecule has 3 amide bonds. The number of anilines is 1. The first-order chi connectivity index (χ1) is 13.4. The molecule has 6 nitrogen and oxygen atoms in total. The summed E-state index contributed by atoms with van der Waals surface area (Å²) in [4.78, 5) is 25.1. The molecule has 1 atom stereocenters. The Morgan fingerprint density at radius 1 is 1.18 bits per heavy atom. The summed E-state index contributed by atoms with van der Waals surface area (Å²) in [6.45, 7) is 4.85. The lowest BCUT2D eigenvalue weighted by molar-refractivity contribution is -0.122. The van der Waals surface area contributed by atoms with E-state index in [-0.39, 0.29) is 5.91 Å². The number of nitrogens with zero attached hydrogens (tertiary/aromatic N) is 1. The van der Waals surface area contributed by atoms with E-state index in [2.05, 4.69) is 5.32 Å². The number of nitrogens with one attached hydrogen (secondary N) is 1. The van der Waals surface area contributed by atoms with Crippen LogP contribution in [0.2, 0.25) is 0 Å². The number of carbonyl (C=O) groups is 2. The summed E-state index contributed by atoms with van der Waals surface area (Å²) in [5.41, 5.74) is 9.39. The van der Waals surface area contributed by atoms with Gasteiger partial charge in [-0.3, -0.25) is 4.79 Å². The number of nitrogens with two attached hydrogens (primary N) is 1. The summed E-state index contributed by atoms with van der Waals surface area (Å²) in [7, 11) is 0. The molecule has 2 aromatic carbocycles. The van der Waals surface area contributed by atoms with E-state index in [4.69, 9.17) is 10.5 Å². The Labute approximate surface area is 165 Å². The lowest BCUT2D eigenvalue weighted by Gasteiger charge is -2.25. The van der Waals surface area contributed by atoms with Crippen LogP contribution < -0.4 is 15.8 Å². The van der Waals surface area contributed by atoms with E-state index in [0.29, 0.717) is 18.8 Å². The van der Waals surface area contributed by atoms with Crippen molar-refractivity contribution in [1.29, 1.82) is 0 Å². The number of carbonyl (C=O) groups excluding carboxylic acids is 2. The van der Waals surface area contributed by atoms with Crippen molar-refractivity contribution >= 4 is 23.2 Å². The van der Waals surface area contributed by atoms with Crippen molar-refractivity contribution in [3.05, 3.63) is 65.7 Å². The molecule has 6 heteroatoms. The van der Waals surface area contributed by atoms with E-state index < -0.39 is 12.1 Å². The van der Waals surface area contributed by atoms with Crippen molar-refractivity contribution in [1.82, 2.24) is 4.90 Å². The van der Waals surface area contributed by atoms with Gasteiger partial charge < -0.3 is 20.7 Å². The van der Waals surface area contributed by atoms with Gasteiger partial charge in [0.25, 0.3) is 5.91 Å². The highest BCUT2D eigenvalue weighted by atomic mass is 16.5. The molecule has 28 heavy (non-hydrogen) atoms. The second-order valence-corrected chi connectivity index (χ2v) is 6.91. The van der Waals surface area contributed by atoms with Gasteiger partial charge in [0.1, 0.15) is 5.75 Å². The van der Waals surface area contributed by atoms with E-state index in [9.17, 15) is 9.59 Å². The van der Waals surface area contributed by atoms with E-state index in [1.54, 1.807) is 11.8 Å². The molecule has 1 heterocycles. The number of urea groups is 1. The summed E-state index contributed by atoms with van der Waals surface area (Å²) in [5.74, 6) is 0.432. The number of ether oxygens (including phenoxy) is 1. The summed E-state index contributed by atoms with van der Waals surface area (Å²) in [6.07, 6.45) is 2.16.